The van der Waals surface area contributed by atoms with Gasteiger partial charge in [-0.15, -0.1) is 11.3 Å². The second-order valence-corrected chi connectivity index (χ2v) is 5.34. The topological polar surface area (TPSA) is 68.0 Å². The highest BCUT2D eigenvalue weighted by atomic mass is 32.1. The summed E-state index contributed by atoms with van der Waals surface area (Å²) >= 11 is 1.42. The lowest BCUT2D eigenvalue weighted by Crippen LogP contribution is -2.24. The van der Waals surface area contributed by atoms with E-state index >= 15 is 0 Å². The van der Waals surface area contributed by atoms with Gasteiger partial charge in [0.2, 0.25) is 11.7 Å². The van der Waals surface area contributed by atoms with Crippen molar-refractivity contribution >= 4 is 17.2 Å². The summed E-state index contributed by atoms with van der Waals surface area (Å²) in [7, 11) is 0. The number of amides is 1. The standard InChI is InChI=1S/C14H8F3N3O2S/c15-8-4-3-7(11(16)12(8)17)14(21)18-6-10-19-13(20-22-10)9-2-1-5-23-9/h1-5H,6H2,(H,18,21). The maximum absolute atomic E-state index is 13.5. The van der Waals surface area contributed by atoms with Crippen molar-refractivity contribution in [2.24, 2.45) is 0 Å². The van der Waals surface area contributed by atoms with E-state index in [0.717, 1.165) is 10.9 Å². The molecule has 0 spiro atoms. The van der Waals surface area contributed by atoms with Gasteiger partial charge in [-0.25, -0.2) is 13.2 Å². The molecule has 0 atom stereocenters. The smallest absolute Gasteiger partial charge is 0.254 e. The van der Waals surface area contributed by atoms with Gasteiger partial charge in [-0.1, -0.05) is 11.2 Å². The molecule has 118 valence electrons. The molecule has 0 saturated heterocycles. The molecule has 0 saturated carbocycles. The molecule has 0 aliphatic heterocycles. The first kappa shape index (κ1) is 15.2. The Labute approximate surface area is 131 Å². The minimum absolute atomic E-state index is 0.102. The fourth-order valence-corrected chi connectivity index (χ4v) is 2.43. The van der Waals surface area contributed by atoms with E-state index in [1.165, 1.54) is 11.3 Å². The molecule has 3 aromatic rings. The average Bonchev–Trinajstić information content (AvgIpc) is 3.21. The number of thiophene rings is 1. The van der Waals surface area contributed by atoms with Crippen LogP contribution in [0, 0.1) is 17.5 Å². The zero-order valence-corrected chi connectivity index (χ0v) is 12.2. The number of hydrogen-bond acceptors (Lipinski definition) is 5. The molecule has 2 heterocycles. The molecule has 9 heteroatoms. The number of halogens is 3. The summed E-state index contributed by atoms with van der Waals surface area (Å²) in [5, 5.41) is 7.89. The summed E-state index contributed by atoms with van der Waals surface area (Å²) in [5.74, 6) is -5.07. The number of nitrogens with one attached hydrogen (secondary N) is 1. The first-order chi connectivity index (χ1) is 11.1. The molecule has 0 bridgehead atoms. The normalized spacial score (nSPS) is 10.7. The number of aromatic nitrogens is 2. The Morgan fingerprint density at radius 2 is 2.04 bits per heavy atom. The first-order valence-electron chi connectivity index (χ1n) is 6.34. The van der Waals surface area contributed by atoms with Gasteiger partial charge in [0, 0.05) is 0 Å². The Balaban J connectivity index is 1.69. The highest BCUT2D eigenvalue weighted by Crippen LogP contribution is 2.21. The van der Waals surface area contributed by atoms with E-state index in [0.29, 0.717) is 11.9 Å². The number of rotatable bonds is 4. The van der Waals surface area contributed by atoms with Crippen molar-refractivity contribution in [1.29, 1.82) is 0 Å². The van der Waals surface area contributed by atoms with Gasteiger partial charge in [-0.3, -0.25) is 4.79 Å². The zero-order chi connectivity index (χ0) is 16.4. The summed E-state index contributed by atoms with van der Waals surface area (Å²) in [4.78, 5) is 16.7. The largest absolute Gasteiger partial charge is 0.343 e. The number of carbonyl (C=O) groups excluding carboxylic acids is 1. The summed E-state index contributed by atoms with van der Waals surface area (Å²) in [6.07, 6.45) is 0. The van der Waals surface area contributed by atoms with Crippen LogP contribution in [0.15, 0.2) is 34.2 Å². The fourth-order valence-electron chi connectivity index (χ4n) is 1.78. The van der Waals surface area contributed by atoms with Crippen LogP contribution in [0.3, 0.4) is 0 Å². The average molecular weight is 339 g/mol. The predicted molar refractivity (Wildman–Crippen MR) is 75.1 cm³/mol. The molecule has 1 amide bonds. The van der Waals surface area contributed by atoms with Gasteiger partial charge >= 0.3 is 0 Å². The van der Waals surface area contributed by atoms with E-state index in [1.54, 1.807) is 6.07 Å². The zero-order valence-electron chi connectivity index (χ0n) is 11.3. The third-order valence-electron chi connectivity index (χ3n) is 2.89. The van der Waals surface area contributed by atoms with Crippen LogP contribution >= 0.6 is 11.3 Å². The van der Waals surface area contributed by atoms with Crippen molar-refractivity contribution in [3.63, 3.8) is 0 Å². The van der Waals surface area contributed by atoms with Crippen molar-refractivity contribution < 1.29 is 22.5 Å². The van der Waals surface area contributed by atoms with E-state index in [1.807, 2.05) is 11.4 Å². The monoisotopic (exact) mass is 339 g/mol. The van der Waals surface area contributed by atoms with Crippen molar-refractivity contribution in [3.05, 3.63) is 58.6 Å². The van der Waals surface area contributed by atoms with Crippen LogP contribution in [-0.4, -0.2) is 16.0 Å². The highest BCUT2D eigenvalue weighted by molar-refractivity contribution is 7.13. The number of hydrogen-bond donors (Lipinski definition) is 1. The maximum Gasteiger partial charge on any atom is 0.254 e. The summed E-state index contributed by atoms with van der Waals surface area (Å²) in [6.45, 7) is -0.171. The van der Waals surface area contributed by atoms with Crippen LogP contribution in [-0.2, 0) is 6.54 Å². The van der Waals surface area contributed by atoms with Gasteiger partial charge in [0.15, 0.2) is 17.5 Å². The van der Waals surface area contributed by atoms with Crippen LogP contribution in [0.5, 0.6) is 0 Å². The Hall–Kier alpha value is -2.68. The minimum Gasteiger partial charge on any atom is -0.343 e. The van der Waals surface area contributed by atoms with Gasteiger partial charge < -0.3 is 9.84 Å². The Bertz CT molecular complexity index is 849. The van der Waals surface area contributed by atoms with Crippen LogP contribution in [0.25, 0.3) is 10.7 Å². The van der Waals surface area contributed by atoms with Gasteiger partial charge in [-0.05, 0) is 23.6 Å². The molecule has 1 N–H and O–H groups in total. The lowest BCUT2D eigenvalue weighted by molar-refractivity contribution is 0.0941. The van der Waals surface area contributed by atoms with Crippen molar-refractivity contribution in [3.8, 4) is 10.7 Å². The SMILES string of the molecule is O=C(NCc1nc(-c2cccs2)no1)c1ccc(F)c(F)c1F. The van der Waals surface area contributed by atoms with Crippen molar-refractivity contribution in [1.82, 2.24) is 15.5 Å². The molecular weight excluding hydrogens is 331 g/mol. The Morgan fingerprint density at radius 3 is 2.78 bits per heavy atom. The molecule has 5 nitrogen and oxygen atoms in total. The number of benzene rings is 1. The summed E-state index contributed by atoms with van der Waals surface area (Å²) in [6, 6.07) is 5.15. The van der Waals surface area contributed by atoms with E-state index in [2.05, 4.69) is 15.5 Å². The predicted octanol–water partition coefficient (Wildman–Crippen LogP) is 3.15. The van der Waals surface area contributed by atoms with Gasteiger partial charge in [0.05, 0.1) is 17.0 Å². The van der Waals surface area contributed by atoms with E-state index in [-0.39, 0.29) is 12.4 Å². The molecule has 23 heavy (non-hydrogen) atoms. The van der Waals surface area contributed by atoms with Gasteiger partial charge in [-0.2, -0.15) is 4.98 Å². The van der Waals surface area contributed by atoms with Crippen molar-refractivity contribution in [2.75, 3.05) is 0 Å². The van der Waals surface area contributed by atoms with Crippen LogP contribution in [0.2, 0.25) is 0 Å². The molecule has 0 radical (unpaired) electrons. The summed E-state index contributed by atoms with van der Waals surface area (Å²) in [5.41, 5.74) is -0.609. The molecule has 0 aliphatic rings. The summed E-state index contributed by atoms with van der Waals surface area (Å²) < 4.78 is 44.4. The quantitative estimate of drug-likeness (QED) is 0.742. The Morgan fingerprint density at radius 1 is 1.22 bits per heavy atom. The lowest BCUT2D eigenvalue weighted by atomic mass is 10.2. The second-order valence-electron chi connectivity index (χ2n) is 4.39. The fraction of sp³-hybridized carbons (Fsp3) is 0.0714. The number of carbonyl (C=O) groups is 1. The van der Waals surface area contributed by atoms with E-state index in [4.69, 9.17) is 4.52 Å². The van der Waals surface area contributed by atoms with Gasteiger partial charge in [0.1, 0.15) is 0 Å². The Kier molecular flexibility index (Phi) is 4.11. The molecule has 0 aliphatic carbocycles. The van der Waals surface area contributed by atoms with Crippen LogP contribution < -0.4 is 5.32 Å². The first-order valence-corrected chi connectivity index (χ1v) is 7.22. The molecule has 1 aromatic carbocycles. The van der Waals surface area contributed by atoms with Crippen LogP contribution in [0.1, 0.15) is 16.2 Å². The maximum atomic E-state index is 13.5. The third kappa shape index (κ3) is 3.09. The third-order valence-corrected chi connectivity index (χ3v) is 3.76. The van der Waals surface area contributed by atoms with E-state index in [9.17, 15) is 18.0 Å². The highest BCUT2D eigenvalue weighted by Gasteiger charge is 2.19. The second kappa shape index (κ2) is 6.21. The van der Waals surface area contributed by atoms with Gasteiger partial charge in [0.25, 0.3) is 5.91 Å². The van der Waals surface area contributed by atoms with Crippen molar-refractivity contribution in [2.45, 2.75) is 6.54 Å². The molecule has 0 unspecified atom stereocenters. The van der Waals surface area contributed by atoms with Crippen LogP contribution in [0.4, 0.5) is 13.2 Å². The molecule has 3 rings (SSSR count). The molecule has 0 fully saturated rings. The molecular formula is C14H8F3N3O2S. The lowest BCUT2D eigenvalue weighted by Gasteiger charge is -2.04. The minimum atomic E-state index is -1.70. The molecule has 2 aromatic heterocycles. The number of nitrogens with zero attached hydrogens (tertiary/aromatic N) is 2. The van der Waals surface area contributed by atoms with E-state index < -0.39 is 28.9 Å².